The third-order valence-corrected chi connectivity index (χ3v) is 6.63. The van der Waals surface area contributed by atoms with E-state index >= 15 is 0 Å². The highest BCUT2D eigenvalue weighted by Crippen LogP contribution is 2.37. The summed E-state index contributed by atoms with van der Waals surface area (Å²) in [5.41, 5.74) is 6.49. The summed E-state index contributed by atoms with van der Waals surface area (Å²) in [5.74, 6) is 0.656. The molecule has 3 aromatic rings. The Morgan fingerprint density at radius 1 is 0.947 bits per heavy atom. The van der Waals surface area contributed by atoms with Crippen LogP contribution in [0.5, 0.6) is 11.5 Å². The molecule has 0 atom stereocenters. The fraction of sp³-hybridized carbons (Fsp3) is 0.290. The predicted molar refractivity (Wildman–Crippen MR) is 149 cm³/mol. The van der Waals surface area contributed by atoms with Crippen LogP contribution in [0, 0.1) is 20.8 Å². The zero-order chi connectivity index (χ0) is 27.6. The summed E-state index contributed by atoms with van der Waals surface area (Å²) < 4.78 is 18.6. The Morgan fingerprint density at radius 3 is 2.29 bits per heavy atom. The van der Waals surface area contributed by atoms with Crippen LogP contribution in [0.2, 0.25) is 0 Å². The van der Waals surface area contributed by atoms with Gasteiger partial charge < -0.3 is 18.8 Å². The number of carbonyl (C=O) groups is 2. The van der Waals surface area contributed by atoms with Crippen LogP contribution in [-0.2, 0) is 14.3 Å². The zero-order valence-electron chi connectivity index (χ0n) is 23.0. The van der Waals surface area contributed by atoms with Crippen molar-refractivity contribution in [3.8, 4) is 17.2 Å². The fourth-order valence-electron chi connectivity index (χ4n) is 4.88. The number of benzene rings is 2. The molecule has 0 spiro atoms. The second-order valence-corrected chi connectivity index (χ2v) is 9.14. The lowest BCUT2D eigenvalue weighted by atomic mass is 10.0. The van der Waals surface area contributed by atoms with Gasteiger partial charge in [-0.3, -0.25) is 9.69 Å². The van der Waals surface area contributed by atoms with Gasteiger partial charge in [0.15, 0.2) is 0 Å². The molecule has 7 heteroatoms. The van der Waals surface area contributed by atoms with E-state index in [1.54, 1.807) is 31.9 Å². The van der Waals surface area contributed by atoms with Crippen molar-refractivity contribution in [3.05, 3.63) is 87.9 Å². The Balaban J connectivity index is 1.83. The zero-order valence-corrected chi connectivity index (χ0v) is 23.0. The largest absolute Gasteiger partial charge is 0.495 e. The summed E-state index contributed by atoms with van der Waals surface area (Å²) in [6.45, 7) is 12.2. The molecule has 0 bridgehead atoms. The van der Waals surface area contributed by atoms with E-state index in [4.69, 9.17) is 14.2 Å². The highest BCUT2D eigenvalue weighted by atomic mass is 16.5. The van der Waals surface area contributed by atoms with Gasteiger partial charge in [-0.1, -0.05) is 6.07 Å². The molecular formula is C31H34N2O5. The van der Waals surface area contributed by atoms with Crippen molar-refractivity contribution in [3.63, 3.8) is 0 Å². The number of amides is 1. The van der Waals surface area contributed by atoms with Crippen LogP contribution >= 0.6 is 0 Å². The fourth-order valence-corrected chi connectivity index (χ4v) is 4.88. The van der Waals surface area contributed by atoms with Crippen LogP contribution in [0.15, 0.2) is 65.4 Å². The lowest BCUT2D eigenvalue weighted by Gasteiger charge is -2.18. The van der Waals surface area contributed by atoms with Gasteiger partial charge in [-0.15, -0.1) is 0 Å². The summed E-state index contributed by atoms with van der Waals surface area (Å²) in [6, 6.07) is 15.3. The van der Waals surface area contributed by atoms with E-state index in [0.717, 1.165) is 34.0 Å². The number of aryl methyl sites for hydroxylation is 2. The smallest absolute Gasteiger partial charge is 0.340 e. The standard InChI is InChI=1S/C31H34N2O5/c1-8-37-25-13-11-24(12-14-25)33-22(6)29(31(35)38-9-2)26(30(33)34)18-23-17-20(4)32(21(23)5)27-16-19(3)10-15-28(27)36-7/h10-18H,8-9H2,1-7H3/b26-18-. The van der Waals surface area contributed by atoms with Crippen molar-refractivity contribution in [1.29, 1.82) is 0 Å². The first-order valence-corrected chi connectivity index (χ1v) is 12.7. The van der Waals surface area contributed by atoms with Crippen molar-refractivity contribution in [1.82, 2.24) is 4.57 Å². The Bertz CT molecular complexity index is 1440. The van der Waals surface area contributed by atoms with E-state index in [9.17, 15) is 9.59 Å². The maximum absolute atomic E-state index is 13.8. The monoisotopic (exact) mass is 514 g/mol. The van der Waals surface area contributed by atoms with E-state index in [1.165, 1.54) is 0 Å². The number of ether oxygens (including phenoxy) is 3. The van der Waals surface area contributed by atoms with Gasteiger partial charge in [0.05, 0.1) is 37.2 Å². The number of nitrogens with zero attached hydrogens (tertiary/aromatic N) is 2. The van der Waals surface area contributed by atoms with E-state index in [1.807, 2.05) is 70.2 Å². The number of hydrogen-bond acceptors (Lipinski definition) is 5. The SMILES string of the molecule is CCOC(=O)C1=C(C)N(c2ccc(OCC)cc2)C(=O)/C1=C\c1cc(C)n(-c2cc(C)ccc2OC)c1C. The molecule has 0 fully saturated rings. The van der Waals surface area contributed by atoms with E-state index in [2.05, 4.69) is 10.6 Å². The quantitative estimate of drug-likeness (QED) is 0.269. The minimum atomic E-state index is -0.521. The highest BCUT2D eigenvalue weighted by molar-refractivity contribution is 6.23. The number of methoxy groups -OCH3 is 1. The lowest BCUT2D eigenvalue weighted by molar-refractivity contribution is -0.138. The topological polar surface area (TPSA) is 70.0 Å². The molecule has 0 unspecified atom stereocenters. The first-order chi connectivity index (χ1) is 18.2. The number of esters is 1. The number of rotatable bonds is 8. The molecular weight excluding hydrogens is 480 g/mol. The molecule has 2 aromatic carbocycles. The van der Waals surface area contributed by atoms with Gasteiger partial charge in [-0.05, 0) is 101 Å². The Kier molecular flexibility index (Phi) is 7.76. The summed E-state index contributed by atoms with van der Waals surface area (Å²) in [4.78, 5) is 28.4. The van der Waals surface area contributed by atoms with E-state index < -0.39 is 5.97 Å². The van der Waals surface area contributed by atoms with Gasteiger partial charge in [0.25, 0.3) is 5.91 Å². The third-order valence-electron chi connectivity index (χ3n) is 6.63. The molecule has 0 radical (unpaired) electrons. The highest BCUT2D eigenvalue weighted by Gasteiger charge is 2.38. The second kappa shape index (κ2) is 11.0. The molecule has 0 saturated heterocycles. The average Bonchev–Trinajstić information content (AvgIpc) is 3.30. The molecule has 198 valence electrons. The number of carbonyl (C=O) groups excluding carboxylic acids is 2. The minimum Gasteiger partial charge on any atom is -0.495 e. The van der Waals surface area contributed by atoms with Crippen molar-refractivity contribution < 1.29 is 23.8 Å². The van der Waals surface area contributed by atoms with Crippen LogP contribution in [-0.4, -0.2) is 36.8 Å². The summed E-state index contributed by atoms with van der Waals surface area (Å²) in [5, 5.41) is 0. The Labute approximate surface area is 223 Å². The molecule has 0 saturated carbocycles. The lowest BCUT2D eigenvalue weighted by Crippen LogP contribution is -2.24. The number of anilines is 1. The summed E-state index contributed by atoms with van der Waals surface area (Å²) in [6.07, 6.45) is 1.79. The molecule has 0 aliphatic carbocycles. The van der Waals surface area contributed by atoms with Crippen LogP contribution in [0.3, 0.4) is 0 Å². The van der Waals surface area contributed by atoms with Crippen LogP contribution in [0.1, 0.15) is 43.3 Å². The summed E-state index contributed by atoms with van der Waals surface area (Å²) >= 11 is 0. The molecule has 7 nitrogen and oxygen atoms in total. The first-order valence-electron chi connectivity index (χ1n) is 12.7. The maximum Gasteiger partial charge on any atom is 0.340 e. The van der Waals surface area contributed by atoms with E-state index in [0.29, 0.717) is 29.3 Å². The van der Waals surface area contributed by atoms with Crippen LogP contribution in [0.25, 0.3) is 11.8 Å². The van der Waals surface area contributed by atoms with Gasteiger partial charge in [-0.2, -0.15) is 0 Å². The third kappa shape index (κ3) is 4.84. The molecule has 0 N–H and O–H groups in total. The molecule has 1 amide bonds. The van der Waals surface area contributed by atoms with Crippen molar-refractivity contribution in [2.24, 2.45) is 0 Å². The van der Waals surface area contributed by atoms with Gasteiger partial charge in [0.2, 0.25) is 0 Å². The molecule has 1 aliphatic rings. The minimum absolute atomic E-state index is 0.210. The maximum atomic E-state index is 13.8. The molecule has 1 aliphatic heterocycles. The molecule has 4 rings (SSSR count). The van der Waals surface area contributed by atoms with Crippen LogP contribution < -0.4 is 14.4 Å². The van der Waals surface area contributed by atoms with Crippen molar-refractivity contribution in [2.45, 2.75) is 41.5 Å². The van der Waals surface area contributed by atoms with Crippen molar-refractivity contribution >= 4 is 23.6 Å². The van der Waals surface area contributed by atoms with Crippen LogP contribution in [0.4, 0.5) is 5.69 Å². The number of allylic oxidation sites excluding steroid dienone is 1. The Hall–Kier alpha value is -4.26. The number of hydrogen-bond donors (Lipinski definition) is 0. The normalized spacial score (nSPS) is 14.4. The van der Waals surface area contributed by atoms with E-state index in [-0.39, 0.29) is 18.1 Å². The van der Waals surface area contributed by atoms with Gasteiger partial charge in [-0.25, -0.2) is 4.79 Å². The molecule has 1 aromatic heterocycles. The number of aromatic nitrogens is 1. The summed E-state index contributed by atoms with van der Waals surface area (Å²) in [7, 11) is 1.65. The Morgan fingerprint density at radius 2 is 1.66 bits per heavy atom. The predicted octanol–water partition coefficient (Wildman–Crippen LogP) is 6.08. The van der Waals surface area contributed by atoms with Gasteiger partial charge in [0.1, 0.15) is 11.5 Å². The molecule has 38 heavy (non-hydrogen) atoms. The second-order valence-electron chi connectivity index (χ2n) is 9.14. The van der Waals surface area contributed by atoms with Gasteiger partial charge in [0, 0.05) is 22.8 Å². The van der Waals surface area contributed by atoms with Crippen molar-refractivity contribution in [2.75, 3.05) is 25.2 Å². The molecule has 2 heterocycles. The average molecular weight is 515 g/mol. The van der Waals surface area contributed by atoms with Gasteiger partial charge >= 0.3 is 5.97 Å². The first kappa shape index (κ1) is 26.8.